The van der Waals surface area contributed by atoms with Crippen LogP contribution >= 0.6 is 0 Å². The largest absolute Gasteiger partial charge is 0.463 e. The highest BCUT2D eigenvalue weighted by molar-refractivity contribution is 5.81. The van der Waals surface area contributed by atoms with Crippen LogP contribution in [0.2, 0.25) is 0 Å². The highest BCUT2D eigenvalue weighted by Crippen LogP contribution is 2.11. The Kier molecular flexibility index (Phi) is 5.85. The first-order valence-corrected chi connectivity index (χ1v) is 6.89. The Morgan fingerprint density at radius 1 is 1.15 bits per heavy atom. The van der Waals surface area contributed by atoms with Crippen LogP contribution in [0.15, 0.2) is 12.3 Å². The molecule has 0 unspecified atom stereocenters. The monoisotopic (exact) mass is 284 g/mol. The number of carbonyl (C=O) groups is 2. The van der Waals surface area contributed by atoms with E-state index in [2.05, 4.69) is 0 Å². The minimum Gasteiger partial charge on any atom is -0.463 e. The lowest BCUT2D eigenvalue weighted by atomic mass is 10.2. The van der Waals surface area contributed by atoms with E-state index in [1.54, 1.807) is 18.0 Å². The van der Waals surface area contributed by atoms with Crippen molar-refractivity contribution in [1.82, 2.24) is 9.80 Å². The van der Waals surface area contributed by atoms with Gasteiger partial charge >= 0.3 is 12.1 Å². The minimum absolute atomic E-state index is 0.286. The number of carbonyl (C=O) groups excluding carboxylic acids is 2. The zero-order chi connectivity index (χ0) is 15.2. The van der Waals surface area contributed by atoms with Gasteiger partial charge in [-0.05, 0) is 27.7 Å². The zero-order valence-electron chi connectivity index (χ0n) is 12.7. The molecule has 114 valence electrons. The Hall–Kier alpha value is -1.72. The smallest absolute Gasteiger partial charge is 0.410 e. The fraction of sp³-hybridized carbons (Fsp3) is 0.714. The van der Waals surface area contributed by atoms with Gasteiger partial charge in [0, 0.05) is 38.5 Å². The number of ether oxygens (including phenoxy) is 2. The van der Waals surface area contributed by atoms with Gasteiger partial charge in [0.05, 0.1) is 6.61 Å². The molecular formula is C14H24N2O4. The molecule has 0 aromatic heterocycles. The van der Waals surface area contributed by atoms with Crippen molar-refractivity contribution < 1.29 is 19.1 Å². The van der Waals surface area contributed by atoms with Gasteiger partial charge in [0.2, 0.25) is 0 Å². The first-order valence-electron chi connectivity index (χ1n) is 6.89. The lowest BCUT2D eigenvalue weighted by molar-refractivity contribution is -0.137. The molecule has 1 rings (SSSR count). The van der Waals surface area contributed by atoms with Gasteiger partial charge in [-0.25, -0.2) is 9.59 Å². The highest BCUT2D eigenvalue weighted by Gasteiger charge is 2.24. The maximum Gasteiger partial charge on any atom is 0.410 e. The molecule has 0 aromatic carbocycles. The first-order chi connectivity index (χ1) is 9.31. The van der Waals surface area contributed by atoms with Gasteiger partial charge in [-0.3, -0.25) is 0 Å². The molecule has 1 saturated heterocycles. The predicted molar refractivity (Wildman–Crippen MR) is 75.2 cm³/mol. The Morgan fingerprint density at radius 2 is 1.75 bits per heavy atom. The molecule has 0 spiro atoms. The standard InChI is InChI=1S/C14H24N2O4/c1-5-19-12(17)6-7-15-8-10-16(11-9-15)13(18)20-14(2,3)4/h6-7H,5,8-11H2,1-4H3/b7-6-. The van der Waals surface area contributed by atoms with Crippen molar-refractivity contribution in [3.63, 3.8) is 0 Å². The van der Waals surface area contributed by atoms with E-state index in [1.165, 1.54) is 6.08 Å². The fourth-order valence-corrected chi connectivity index (χ4v) is 1.74. The van der Waals surface area contributed by atoms with Crippen molar-refractivity contribution in [3.8, 4) is 0 Å². The summed E-state index contributed by atoms with van der Waals surface area (Å²) in [6, 6.07) is 0. The van der Waals surface area contributed by atoms with Gasteiger partial charge in [-0.2, -0.15) is 0 Å². The predicted octanol–water partition coefficient (Wildman–Crippen LogP) is 1.62. The van der Waals surface area contributed by atoms with Gasteiger partial charge < -0.3 is 19.3 Å². The maximum absolute atomic E-state index is 11.9. The van der Waals surface area contributed by atoms with E-state index in [0.29, 0.717) is 32.8 Å². The number of piperazine rings is 1. The number of nitrogens with zero attached hydrogens (tertiary/aromatic N) is 2. The van der Waals surface area contributed by atoms with E-state index in [9.17, 15) is 9.59 Å². The van der Waals surface area contributed by atoms with E-state index in [4.69, 9.17) is 9.47 Å². The zero-order valence-corrected chi connectivity index (χ0v) is 12.7. The third kappa shape index (κ3) is 5.95. The number of hydrogen-bond donors (Lipinski definition) is 0. The molecule has 0 bridgehead atoms. The number of hydrogen-bond acceptors (Lipinski definition) is 5. The molecular weight excluding hydrogens is 260 g/mol. The third-order valence-corrected chi connectivity index (χ3v) is 2.67. The summed E-state index contributed by atoms with van der Waals surface area (Å²) in [6.07, 6.45) is 2.84. The first kappa shape index (κ1) is 16.3. The van der Waals surface area contributed by atoms with Gasteiger partial charge in [0.15, 0.2) is 0 Å². The highest BCUT2D eigenvalue weighted by atomic mass is 16.6. The van der Waals surface area contributed by atoms with Crippen LogP contribution in [0.25, 0.3) is 0 Å². The van der Waals surface area contributed by atoms with Gasteiger partial charge in [-0.1, -0.05) is 0 Å². The van der Waals surface area contributed by atoms with Crippen LogP contribution in [0.4, 0.5) is 4.79 Å². The molecule has 0 radical (unpaired) electrons. The van der Waals surface area contributed by atoms with Crippen molar-refractivity contribution >= 4 is 12.1 Å². The minimum atomic E-state index is -0.474. The molecule has 0 aliphatic carbocycles. The van der Waals surface area contributed by atoms with Crippen molar-refractivity contribution in [2.75, 3.05) is 32.8 Å². The topological polar surface area (TPSA) is 59.1 Å². The summed E-state index contributed by atoms with van der Waals surface area (Å²) in [6.45, 7) is 10.2. The van der Waals surface area contributed by atoms with Crippen LogP contribution in [-0.2, 0) is 14.3 Å². The van der Waals surface area contributed by atoms with E-state index in [-0.39, 0.29) is 12.1 Å². The van der Waals surface area contributed by atoms with Crippen LogP contribution in [0.1, 0.15) is 27.7 Å². The number of rotatable bonds is 3. The van der Waals surface area contributed by atoms with Crippen LogP contribution in [-0.4, -0.2) is 60.2 Å². The molecule has 0 atom stereocenters. The summed E-state index contributed by atoms with van der Waals surface area (Å²) >= 11 is 0. The average molecular weight is 284 g/mol. The van der Waals surface area contributed by atoms with Crippen molar-refractivity contribution in [1.29, 1.82) is 0 Å². The van der Waals surface area contributed by atoms with E-state index >= 15 is 0 Å². The van der Waals surface area contributed by atoms with Crippen LogP contribution < -0.4 is 0 Å². The molecule has 1 aliphatic heterocycles. The molecule has 0 N–H and O–H groups in total. The molecule has 1 heterocycles. The number of esters is 1. The molecule has 20 heavy (non-hydrogen) atoms. The van der Waals surface area contributed by atoms with E-state index in [0.717, 1.165) is 0 Å². The lowest BCUT2D eigenvalue weighted by Gasteiger charge is -2.35. The molecule has 6 nitrogen and oxygen atoms in total. The Morgan fingerprint density at radius 3 is 2.25 bits per heavy atom. The molecule has 1 fully saturated rings. The van der Waals surface area contributed by atoms with Gasteiger partial charge in [0.25, 0.3) is 0 Å². The fourth-order valence-electron chi connectivity index (χ4n) is 1.74. The summed E-state index contributed by atoms with van der Waals surface area (Å²) in [4.78, 5) is 26.7. The molecule has 0 aromatic rings. The molecule has 0 saturated carbocycles. The Bertz CT molecular complexity index is 366. The quantitative estimate of drug-likeness (QED) is 0.582. The van der Waals surface area contributed by atoms with Crippen LogP contribution in [0, 0.1) is 0 Å². The van der Waals surface area contributed by atoms with Crippen molar-refractivity contribution in [3.05, 3.63) is 12.3 Å². The van der Waals surface area contributed by atoms with E-state index in [1.807, 2.05) is 25.7 Å². The normalized spacial score (nSPS) is 16.4. The van der Waals surface area contributed by atoms with Crippen LogP contribution in [0.5, 0.6) is 0 Å². The van der Waals surface area contributed by atoms with Crippen molar-refractivity contribution in [2.24, 2.45) is 0 Å². The second-order valence-corrected chi connectivity index (χ2v) is 5.57. The summed E-state index contributed by atoms with van der Waals surface area (Å²) in [5.74, 6) is -0.345. The lowest BCUT2D eigenvalue weighted by Crippen LogP contribution is -2.48. The van der Waals surface area contributed by atoms with Crippen molar-refractivity contribution in [2.45, 2.75) is 33.3 Å². The summed E-state index contributed by atoms with van der Waals surface area (Å²) < 4.78 is 10.1. The second-order valence-electron chi connectivity index (χ2n) is 5.57. The SMILES string of the molecule is CCOC(=O)/C=C\N1CCN(C(=O)OC(C)(C)C)CC1. The van der Waals surface area contributed by atoms with Crippen LogP contribution in [0.3, 0.4) is 0 Å². The summed E-state index contributed by atoms with van der Waals surface area (Å²) in [7, 11) is 0. The molecule has 1 aliphatic rings. The third-order valence-electron chi connectivity index (χ3n) is 2.67. The number of amides is 1. The maximum atomic E-state index is 11.9. The summed E-state index contributed by atoms with van der Waals surface area (Å²) in [5, 5.41) is 0. The molecule has 1 amide bonds. The van der Waals surface area contributed by atoms with Gasteiger partial charge in [0.1, 0.15) is 5.60 Å². The summed E-state index contributed by atoms with van der Waals surface area (Å²) in [5.41, 5.74) is -0.474. The Labute approximate surface area is 120 Å². The van der Waals surface area contributed by atoms with E-state index < -0.39 is 5.60 Å². The average Bonchev–Trinajstić information content (AvgIpc) is 2.35. The Balaban J connectivity index is 2.36. The second kappa shape index (κ2) is 7.17. The van der Waals surface area contributed by atoms with Gasteiger partial charge in [-0.15, -0.1) is 0 Å². The molecule has 6 heteroatoms.